The zero-order valence-corrected chi connectivity index (χ0v) is 10.0. The van der Waals surface area contributed by atoms with Gasteiger partial charge in [-0.25, -0.2) is 0 Å². The molecule has 1 amide bonds. The number of aryl methyl sites for hydroxylation is 1. The van der Waals surface area contributed by atoms with Crippen molar-refractivity contribution in [1.82, 2.24) is 4.98 Å². The van der Waals surface area contributed by atoms with Gasteiger partial charge in [0.2, 0.25) is 0 Å². The third kappa shape index (κ3) is 2.82. The number of carbonyl (C=O) groups is 1. The molecule has 2 rings (SSSR count). The van der Waals surface area contributed by atoms with E-state index in [1.165, 1.54) is 0 Å². The first-order valence-electron chi connectivity index (χ1n) is 5.15. The Bertz CT molecular complexity index is 537. The number of anilines is 1. The van der Waals surface area contributed by atoms with Crippen LogP contribution in [0.3, 0.4) is 0 Å². The smallest absolute Gasteiger partial charge is 0.257 e. The van der Waals surface area contributed by atoms with Crippen molar-refractivity contribution in [2.75, 3.05) is 5.32 Å². The molecule has 0 unspecified atom stereocenters. The fourth-order valence-corrected chi connectivity index (χ4v) is 1.58. The van der Waals surface area contributed by atoms with Gasteiger partial charge in [0, 0.05) is 22.6 Å². The van der Waals surface area contributed by atoms with E-state index in [2.05, 4.69) is 10.3 Å². The van der Waals surface area contributed by atoms with E-state index in [1.807, 2.05) is 0 Å². The van der Waals surface area contributed by atoms with E-state index in [0.29, 0.717) is 22.0 Å². The predicted octanol–water partition coefficient (Wildman–Crippen LogP) is 3.30. The summed E-state index contributed by atoms with van der Waals surface area (Å²) < 4.78 is 0. The number of aromatic nitrogens is 1. The first-order valence-corrected chi connectivity index (χ1v) is 5.53. The maximum absolute atomic E-state index is 11.9. The largest absolute Gasteiger partial charge is 0.322 e. The summed E-state index contributed by atoms with van der Waals surface area (Å²) in [5.74, 6) is -0.169. The predicted molar refractivity (Wildman–Crippen MR) is 68.4 cm³/mol. The molecule has 17 heavy (non-hydrogen) atoms. The highest BCUT2D eigenvalue weighted by atomic mass is 35.5. The summed E-state index contributed by atoms with van der Waals surface area (Å²) in [7, 11) is 0. The summed E-state index contributed by atoms with van der Waals surface area (Å²) in [6.45, 7) is 1.80. The van der Waals surface area contributed by atoms with Crippen molar-refractivity contribution < 1.29 is 4.79 Å². The zero-order valence-electron chi connectivity index (χ0n) is 9.27. The number of hydrogen-bond acceptors (Lipinski definition) is 2. The molecule has 2 aromatic rings. The standard InChI is InChI=1S/C13H11ClN2O/c1-9-12(3-2-8-15-9)13(17)16-11-6-4-10(14)5-7-11/h2-8H,1H3,(H,16,17). The SMILES string of the molecule is Cc1ncccc1C(=O)Nc1ccc(Cl)cc1. The molecule has 0 aliphatic carbocycles. The van der Waals surface area contributed by atoms with Gasteiger partial charge in [0.25, 0.3) is 5.91 Å². The molecular formula is C13H11ClN2O. The maximum atomic E-state index is 11.9. The Hall–Kier alpha value is -1.87. The molecule has 0 aliphatic rings. The molecule has 0 saturated heterocycles. The van der Waals surface area contributed by atoms with Gasteiger partial charge in [-0.3, -0.25) is 9.78 Å². The Labute approximate surface area is 104 Å². The molecule has 4 heteroatoms. The summed E-state index contributed by atoms with van der Waals surface area (Å²) in [6, 6.07) is 10.5. The van der Waals surface area contributed by atoms with Crippen molar-refractivity contribution in [1.29, 1.82) is 0 Å². The Morgan fingerprint density at radius 3 is 2.59 bits per heavy atom. The molecule has 0 saturated carbocycles. The molecule has 86 valence electrons. The van der Waals surface area contributed by atoms with Gasteiger partial charge < -0.3 is 5.32 Å². The van der Waals surface area contributed by atoms with Crippen molar-refractivity contribution in [3.63, 3.8) is 0 Å². The van der Waals surface area contributed by atoms with Gasteiger partial charge in [-0.2, -0.15) is 0 Å². The van der Waals surface area contributed by atoms with Gasteiger partial charge in [0.05, 0.1) is 5.56 Å². The maximum Gasteiger partial charge on any atom is 0.257 e. The third-order valence-electron chi connectivity index (χ3n) is 2.35. The molecule has 0 radical (unpaired) electrons. The van der Waals surface area contributed by atoms with Crippen LogP contribution < -0.4 is 5.32 Å². The van der Waals surface area contributed by atoms with Crippen LogP contribution in [0.25, 0.3) is 0 Å². The number of pyridine rings is 1. The van der Waals surface area contributed by atoms with E-state index in [0.717, 1.165) is 0 Å². The van der Waals surface area contributed by atoms with Gasteiger partial charge in [-0.05, 0) is 43.3 Å². The molecule has 1 heterocycles. The van der Waals surface area contributed by atoms with Crippen LogP contribution in [-0.2, 0) is 0 Å². The summed E-state index contributed by atoms with van der Waals surface area (Å²) in [5, 5.41) is 3.43. The highest BCUT2D eigenvalue weighted by molar-refractivity contribution is 6.30. The monoisotopic (exact) mass is 246 g/mol. The zero-order chi connectivity index (χ0) is 12.3. The summed E-state index contributed by atoms with van der Waals surface area (Å²) >= 11 is 5.77. The summed E-state index contributed by atoms with van der Waals surface area (Å²) in [5.41, 5.74) is 1.99. The number of halogens is 1. The second-order valence-electron chi connectivity index (χ2n) is 3.60. The average molecular weight is 247 g/mol. The first kappa shape index (κ1) is 11.6. The molecule has 1 aromatic carbocycles. The van der Waals surface area contributed by atoms with Crippen molar-refractivity contribution in [2.24, 2.45) is 0 Å². The van der Waals surface area contributed by atoms with Crippen LogP contribution in [0.5, 0.6) is 0 Å². The highest BCUT2D eigenvalue weighted by Gasteiger charge is 2.08. The fraction of sp³-hybridized carbons (Fsp3) is 0.0769. The normalized spacial score (nSPS) is 10.0. The Kier molecular flexibility index (Phi) is 3.40. The van der Waals surface area contributed by atoms with E-state index in [9.17, 15) is 4.79 Å². The third-order valence-corrected chi connectivity index (χ3v) is 2.61. The van der Waals surface area contributed by atoms with E-state index in [4.69, 9.17) is 11.6 Å². The number of amides is 1. The van der Waals surface area contributed by atoms with Crippen LogP contribution in [0.15, 0.2) is 42.6 Å². The number of benzene rings is 1. The lowest BCUT2D eigenvalue weighted by Crippen LogP contribution is -2.13. The van der Waals surface area contributed by atoms with Crippen molar-refractivity contribution in [3.8, 4) is 0 Å². The van der Waals surface area contributed by atoms with E-state index < -0.39 is 0 Å². The molecule has 0 bridgehead atoms. The van der Waals surface area contributed by atoms with Crippen LogP contribution in [0, 0.1) is 6.92 Å². The second kappa shape index (κ2) is 4.97. The minimum Gasteiger partial charge on any atom is -0.322 e. The van der Waals surface area contributed by atoms with Crippen LogP contribution >= 0.6 is 11.6 Å². The molecule has 0 spiro atoms. The highest BCUT2D eigenvalue weighted by Crippen LogP contribution is 2.15. The molecule has 3 nitrogen and oxygen atoms in total. The average Bonchev–Trinajstić information content (AvgIpc) is 2.32. The van der Waals surface area contributed by atoms with Crippen LogP contribution in [0.1, 0.15) is 16.1 Å². The number of nitrogens with zero attached hydrogens (tertiary/aromatic N) is 1. The molecular weight excluding hydrogens is 236 g/mol. The van der Waals surface area contributed by atoms with E-state index in [-0.39, 0.29) is 5.91 Å². The summed E-state index contributed by atoms with van der Waals surface area (Å²) in [6.07, 6.45) is 1.66. The van der Waals surface area contributed by atoms with Crippen molar-refractivity contribution >= 4 is 23.2 Å². The molecule has 1 N–H and O–H groups in total. The van der Waals surface area contributed by atoms with Gasteiger partial charge in [-0.15, -0.1) is 0 Å². The number of carbonyl (C=O) groups excluding carboxylic acids is 1. The van der Waals surface area contributed by atoms with Crippen LogP contribution in [0.4, 0.5) is 5.69 Å². The van der Waals surface area contributed by atoms with E-state index >= 15 is 0 Å². The molecule has 0 aliphatic heterocycles. The number of hydrogen-bond donors (Lipinski definition) is 1. The van der Waals surface area contributed by atoms with Gasteiger partial charge in [0.15, 0.2) is 0 Å². The Morgan fingerprint density at radius 1 is 1.24 bits per heavy atom. The first-order chi connectivity index (χ1) is 8.16. The Morgan fingerprint density at radius 2 is 1.94 bits per heavy atom. The minimum atomic E-state index is -0.169. The number of nitrogens with one attached hydrogen (secondary N) is 1. The lowest BCUT2D eigenvalue weighted by atomic mass is 10.2. The van der Waals surface area contributed by atoms with Crippen molar-refractivity contribution in [2.45, 2.75) is 6.92 Å². The second-order valence-corrected chi connectivity index (χ2v) is 4.03. The quantitative estimate of drug-likeness (QED) is 0.884. The van der Waals surface area contributed by atoms with Gasteiger partial charge in [-0.1, -0.05) is 11.6 Å². The minimum absolute atomic E-state index is 0.169. The summed E-state index contributed by atoms with van der Waals surface area (Å²) in [4.78, 5) is 16.0. The molecule has 1 aromatic heterocycles. The van der Waals surface area contributed by atoms with E-state index in [1.54, 1.807) is 49.5 Å². The Balaban J connectivity index is 2.17. The topological polar surface area (TPSA) is 42.0 Å². The number of rotatable bonds is 2. The molecule has 0 atom stereocenters. The van der Waals surface area contributed by atoms with Gasteiger partial charge >= 0.3 is 0 Å². The fourth-order valence-electron chi connectivity index (χ4n) is 1.46. The van der Waals surface area contributed by atoms with Crippen LogP contribution in [-0.4, -0.2) is 10.9 Å². The lowest BCUT2D eigenvalue weighted by Gasteiger charge is -2.06. The van der Waals surface area contributed by atoms with Crippen LogP contribution in [0.2, 0.25) is 5.02 Å². The van der Waals surface area contributed by atoms with Gasteiger partial charge in [0.1, 0.15) is 0 Å². The van der Waals surface area contributed by atoms with Crippen molar-refractivity contribution in [3.05, 3.63) is 58.9 Å². The molecule has 0 fully saturated rings. The lowest BCUT2D eigenvalue weighted by molar-refractivity contribution is 0.102.